The molecule has 0 unspecified atom stereocenters. The highest BCUT2D eigenvalue weighted by Crippen LogP contribution is 2.59. The van der Waals surface area contributed by atoms with Crippen molar-refractivity contribution in [1.29, 1.82) is 0 Å². The number of allylic oxidation sites excluding steroid dienone is 1. The smallest absolute Gasteiger partial charge is 0.306 e. The molecule has 1 spiro atoms. The van der Waals surface area contributed by atoms with E-state index in [0.717, 1.165) is 5.56 Å². The zero-order chi connectivity index (χ0) is 33.6. The molecule has 250 valence electrons. The van der Waals surface area contributed by atoms with Gasteiger partial charge < -0.3 is 29.7 Å². The maximum Gasteiger partial charge on any atom is 0.306 e. The monoisotopic (exact) mass is 663 g/mol. The first-order valence-electron chi connectivity index (χ1n) is 16.1. The second-order valence-corrected chi connectivity index (χ2v) is 12.6. The van der Waals surface area contributed by atoms with Crippen molar-refractivity contribution in [3.63, 3.8) is 0 Å². The summed E-state index contributed by atoms with van der Waals surface area (Å²) >= 11 is 6.54. The van der Waals surface area contributed by atoms with Gasteiger partial charge in [0.2, 0.25) is 11.8 Å². The number of nitrogens with one attached hydrogen (secondary N) is 1. The lowest BCUT2D eigenvalue weighted by Gasteiger charge is -2.37. The van der Waals surface area contributed by atoms with E-state index in [1.807, 2.05) is 30.3 Å². The number of anilines is 1. The quantitative estimate of drug-likeness (QED) is 0.155. The van der Waals surface area contributed by atoms with Crippen molar-refractivity contribution in [3.05, 3.63) is 90.5 Å². The zero-order valence-corrected chi connectivity index (χ0v) is 27.1. The van der Waals surface area contributed by atoms with Crippen molar-refractivity contribution in [1.82, 2.24) is 10.2 Å². The first-order valence-corrected chi connectivity index (χ1v) is 16.5. The maximum absolute atomic E-state index is 14.6. The number of carbonyl (C=O) groups excluding carboxylic acids is 4. The number of para-hydroxylation sites is 1. The van der Waals surface area contributed by atoms with E-state index in [1.165, 1.54) is 9.80 Å². The molecule has 3 saturated heterocycles. The van der Waals surface area contributed by atoms with Gasteiger partial charge in [0.1, 0.15) is 18.2 Å². The molecule has 47 heavy (non-hydrogen) atoms. The fourth-order valence-electron chi connectivity index (χ4n) is 7.26. The average molecular weight is 664 g/mol. The third-order valence-electron chi connectivity index (χ3n) is 9.35. The molecule has 2 bridgehead atoms. The number of halogens is 1. The number of benzene rings is 2. The van der Waals surface area contributed by atoms with Gasteiger partial charge >= 0.3 is 5.97 Å². The van der Waals surface area contributed by atoms with Crippen LogP contribution in [0.2, 0.25) is 5.02 Å². The van der Waals surface area contributed by atoms with E-state index < -0.39 is 47.5 Å². The first-order chi connectivity index (χ1) is 22.8. The predicted molar refractivity (Wildman–Crippen MR) is 177 cm³/mol. The highest BCUT2D eigenvalue weighted by Gasteiger charge is 2.74. The minimum absolute atomic E-state index is 0.0555. The number of fused-ring (bicyclic) bond motifs is 1. The van der Waals surface area contributed by atoms with Crippen LogP contribution >= 0.6 is 11.6 Å². The van der Waals surface area contributed by atoms with Crippen molar-refractivity contribution in [3.8, 4) is 0 Å². The van der Waals surface area contributed by atoms with Crippen LogP contribution in [-0.4, -0.2) is 77.7 Å². The Morgan fingerprint density at radius 3 is 2.57 bits per heavy atom. The Kier molecular flexibility index (Phi) is 11.2. The number of amides is 3. The Hall–Kier alpha value is -3.99. The molecule has 0 aromatic heterocycles. The third kappa shape index (κ3) is 6.86. The zero-order valence-electron chi connectivity index (χ0n) is 26.4. The van der Waals surface area contributed by atoms with Gasteiger partial charge in [0, 0.05) is 26.1 Å². The number of hydrogen-bond acceptors (Lipinski definition) is 7. The summed E-state index contributed by atoms with van der Waals surface area (Å²) in [7, 11) is 0. The molecule has 0 saturated carbocycles. The van der Waals surface area contributed by atoms with Crippen LogP contribution in [0, 0.1) is 11.8 Å². The van der Waals surface area contributed by atoms with Crippen LogP contribution in [0.5, 0.6) is 0 Å². The average Bonchev–Trinajstić information content (AvgIpc) is 3.72. The molecule has 2 N–H and O–H groups in total. The largest absolute Gasteiger partial charge is 0.463 e. The Morgan fingerprint density at radius 1 is 1.13 bits per heavy atom. The molecule has 5 rings (SSSR count). The molecule has 2 aromatic carbocycles. The van der Waals surface area contributed by atoms with Crippen LogP contribution in [-0.2, 0) is 28.7 Å². The number of likely N-dealkylation sites (tertiary alicyclic amines) is 1. The van der Waals surface area contributed by atoms with E-state index in [0.29, 0.717) is 42.8 Å². The molecular formula is C36H42ClN3O7. The number of carbonyl (C=O) groups is 4. The van der Waals surface area contributed by atoms with E-state index in [2.05, 4.69) is 18.5 Å². The third-order valence-corrected chi connectivity index (χ3v) is 9.67. The number of esters is 1. The SMILES string of the molecule is C=CCCC(=O)OC[C@H](NC(=O)[C@@H]1[C@H]2C(=O)N(CCCCO)[C@H](C(=O)N(CC=C)c3ccccc3Cl)[C@]23CC[C@H]1O3)c1ccccc1. The van der Waals surface area contributed by atoms with E-state index in [9.17, 15) is 24.3 Å². The number of nitrogens with zero attached hydrogens (tertiary/aromatic N) is 2. The molecule has 3 heterocycles. The molecule has 3 aliphatic heterocycles. The van der Waals surface area contributed by atoms with E-state index >= 15 is 0 Å². The van der Waals surface area contributed by atoms with Gasteiger partial charge in [-0.05, 0) is 49.8 Å². The van der Waals surface area contributed by atoms with Gasteiger partial charge in [0.25, 0.3) is 5.91 Å². The Balaban J connectivity index is 1.45. The van der Waals surface area contributed by atoms with Gasteiger partial charge in [0.15, 0.2) is 0 Å². The number of hydrogen-bond donors (Lipinski definition) is 2. The molecular weight excluding hydrogens is 622 g/mol. The van der Waals surface area contributed by atoms with Gasteiger partial charge in [-0.15, -0.1) is 13.2 Å². The van der Waals surface area contributed by atoms with Crippen molar-refractivity contribution < 1.29 is 33.8 Å². The lowest BCUT2D eigenvalue weighted by Crippen LogP contribution is -2.56. The summed E-state index contributed by atoms with van der Waals surface area (Å²) in [6.07, 6.45) is 5.15. The number of aliphatic hydroxyl groups is 1. The van der Waals surface area contributed by atoms with E-state index in [-0.39, 0.29) is 44.5 Å². The van der Waals surface area contributed by atoms with Crippen LogP contribution in [0.25, 0.3) is 0 Å². The molecule has 3 aliphatic rings. The number of ether oxygens (including phenoxy) is 2. The lowest BCUT2D eigenvalue weighted by atomic mass is 9.70. The van der Waals surface area contributed by atoms with E-state index in [4.69, 9.17) is 21.1 Å². The molecule has 0 radical (unpaired) electrons. The van der Waals surface area contributed by atoms with Crippen LogP contribution in [0.3, 0.4) is 0 Å². The second kappa shape index (κ2) is 15.3. The Bertz CT molecular complexity index is 1490. The van der Waals surface area contributed by atoms with Gasteiger partial charge in [-0.25, -0.2) is 0 Å². The fraction of sp³-hybridized carbons (Fsp3) is 0.444. The highest BCUT2D eigenvalue weighted by molar-refractivity contribution is 6.34. The summed E-state index contributed by atoms with van der Waals surface area (Å²) in [6.45, 7) is 7.69. The van der Waals surface area contributed by atoms with Gasteiger partial charge in [0.05, 0.1) is 34.7 Å². The van der Waals surface area contributed by atoms with Gasteiger partial charge in [-0.1, -0.05) is 66.2 Å². The Labute approximate surface area is 280 Å². The molecule has 2 aromatic rings. The van der Waals surface area contributed by atoms with E-state index in [1.54, 1.807) is 36.4 Å². The van der Waals surface area contributed by atoms with Crippen LogP contribution in [0.15, 0.2) is 79.9 Å². The van der Waals surface area contributed by atoms with Crippen molar-refractivity contribution >= 4 is 41.0 Å². The summed E-state index contributed by atoms with van der Waals surface area (Å²) < 4.78 is 12.1. The number of rotatable bonds is 16. The fourth-order valence-corrected chi connectivity index (χ4v) is 7.50. The first kappa shape index (κ1) is 34.3. The molecule has 11 heteroatoms. The minimum atomic E-state index is -1.22. The van der Waals surface area contributed by atoms with Gasteiger partial charge in [-0.2, -0.15) is 0 Å². The topological polar surface area (TPSA) is 125 Å². The summed E-state index contributed by atoms with van der Waals surface area (Å²) in [4.78, 5) is 58.5. The van der Waals surface area contributed by atoms with Crippen molar-refractivity contribution in [2.24, 2.45) is 11.8 Å². The lowest BCUT2D eigenvalue weighted by molar-refractivity contribution is -0.146. The molecule has 0 aliphatic carbocycles. The van der Waals surface area contributed by atoms with Crippen LogP contribution in [0.1, 0.15) is 50.1 Å². The second-order valence-electron chi connectivity index (χ2n) is 12.2. The summed E-state index contributed by atoms with van der Waals surface area (Å²) in [5.74, 6) is -3.25. The highest BCUT2D eigenvalue weighted by atomic mass is 35.5. The van der Waals surface area contributed by atoms with Crippen molar-refractivity contribution in [2.45, 2.75) is 62.3 Å². The maximum atomic E-state index is 14.6. The van der Waals surface area contributed by atoms with Gasteiger partial charge in [-0.3, -0.25) is 19.2 Å². The number of unbranched alkanes of at least 4 members (excludes halogenated alkanes) is 1. The molecule has 3 fully saturated rings. The number of aliphatic hydroxyl groups excluding tert-OH is 1. The minimum Gasteiger partial charge on any atom is -0.463 e. The normalized spacial score (nSPS) is 24.8. The van der Waals surface area contributed by atoms with Crippen molar-refractivity contribution in [2.75, 3.05) is 31.2 Å². The standard InChI is InChI=1S/C36H42ClN3O7/c1-3-5-17-29(42)46-23-26(24-13-7-6-8-14-24)38-33(43)30-28-18-19-36(47-28)31(30)34(44)40(21-11-12-22-41)32(36)35(45)39(20-4-2)27-16-10-9-15-25(27)37/h3-4,6-10,13-16,26,28,30-32,41H,1-2,5,11-12,17-23H2,(H,38,43)/t26-,28+,30-,31-,32+,36-/m0/s1. The summed E-state index contributed by atoms with van der Waals surface area (Å²) in [5.41, 5.74) is 0.00406. The summed E-state index contributed by atoms with van der Waals surface area (Å²) in [5, 5.41) is 12.9. The Morgan fingerprint density at radius 2 is 1.87 bits per heavy atom. The predicted octanol–water partition coefficient (Wildman–Crippen LogP) is 4.37. The summed E-state index contributed by atoms with van der Waals surface area (Å²) in [6, 6.07) is 14.5. The molecule has 6 atom stereocenters. The van der Waals surface area contributed by atoms with Crippen LogP contribution < -0.4 is 10.2 Å². The van der Waals surface area contributed by atoms with Crippen LogP contribution in [0.4, 0.5) is 5.69 Å². The molecule has 10 nitrogen and oxygen atoms in total. The molecule has 3 amide bonds.